The standard InChI is InChI=1S/C26H33N7O2/c1-4-29-31-33-13-11-32(12-14-33)22-6-8-25(28-18-22)30-26(34)17-20-5-7-23(24(16-20)35-3)21-9-10-27-19(2)15-21/h5-10,15-16,18,29,31H,4,11-14,17H2,1-3H3,(H,28,30,34). The van der Waals surface area contributed by atoms with Gasteiger partial charge in [0.2, 0.25) is 5.91 Å². The van der Waals surface area contributed by atoms with Crippen LogP contribution in [0, 0.1) is 6.92 Å². The zero-order chi connectivity index (χ0) is 24.6. The number of hydrazine groups is 2. The smallest absolute Gasteiger partial charge is 0.229 e. The lowest BCUT2D eigenvalue weighted by atomic mass is 10.0. The maximum atomic E-state index is 12.7. The molecule has 1 fully saturated rings. The molecule has 1 aliphatic heterocycles. The molecule has 3 N–H and O–H groups in total. The van der Waals surface area contributed by atoms with Gasteiger partial charge < -0.3 is 15.0 Å². The molecule has 2 aromatic heterocycles. The molecule has 0 radical (unpaired) electrons. The Morgan fingerprint density at radius 2 is 1.89 bits per heavy atom. The summed E-state index contributed by atoms with van der Waals surface area (Å²) in [5, 5.41) is 5.07. The summed E-state index contributed by atoms with van der Waals surface area (Å²) in [5.41, 5.74) is 11.2. The normalized spacial score (nSPS) is 14.1. The van der Waals surface area contributed by atoms with Crippen LogP contribution in [0.4, 0.5) is 11.5 Å². The van der Waals surface area contributed by atoms with Gasteiger partial charge in [-0.25, -0.2) is 15.4 Å². The zero-order valence-electron chi connectivity index (χ0n) is 20.5. The van der Waals surface area contributed by atoms with Gasteiger partial charge in [0.25, 0.3) is 0 Å². The number of hydrogen-bond donors (Lipinski definition) is 3. The Balaban J connectivity index is 1.33. The van der Waals surface area contributed by atoms with Gasteiger partial charge in [-0.1, -0.05) is 19.1 Å². The van der Waals surface area contributed by atoms with Crippen LogP contribution in [0.1, 0.15) is 18.2 Å². The molecule has 0 aliphatic carbocycles. The second-order valence-electron chi connectivity index (χ2n) is 8.46. The fraction of sp³-hybridized carbons (Fsp3) is 0.346. The topological polar surface area (TPSA) is 94.7 Å². The van der Waals surface area contributed by atoms with Crippen molar-refractivity contribution >= 4 is 17.4 Å². The lowest BCUT2D eigenvalue weighted by molar-refractivity contribution is -0.115. The Hall–Kier alpha value is -3.53. The summed E-state index contributed by atoms with van der Waals surface area (Å²) in [5.74, 6) is 1.15. The number of pyridine rings is 2. The molecule has 3 heterocycles. The third kappa shape index (κ3) is 6.54. The SMILES string of the molecule is CCNNN1CCN(c2ccc(NC(=O)Cc3ccc(-c4ccnc(C)c4)c(OC)c3)nc2)CC1. The maximum Gasteiger partial charge on any atom is 0.229 e. The minimum Gasteiger partial charge on any atom is -0.496 e. The fourth-order valence-corrected chi connectivity index (χ4v) is 4.08. The van der Waals surface area contributed by atoms with E-state index in [0.717, 1.165) is 66.5 Å². The van der Waals surface area contributed by atoms with Crippen molar-refractivity contribution < 1.29 is 9.53 Å². The quantitative estimate of drug-likeness (QED) is 0.407. The van der Waals surface area contributed by atoms with Crippen LogP contribution in [0.5, 0.6) is 5.75 Å². The highest BCUT2D eigenvalue weighted by atomic mass is 16.5. The number of carbonyl (C=O) groups is 1. The molecule has 9 nitrogen and oxygen atoms in total. The van der Waals surface area contributed by atoms with Crippen LogP contribution in [-0.2, 0) is 11.2 Å². The molecule has 0 unspecified atom stereocenters. The Bertz CT molecular complexity index is 1130. The zero-order valence-corrected chi connectivity index (χ0v) is 20.5. The Kier molecular flexibility index (Phi) is 8.25. The Morgan fingerprint density at radius 1 is 1.06 bits per heavy atom. The molecule has 35 heavy (non-hydrogen) atoms. The summed E-state index contributed by atoms with van der Waals surface area (Å²) in [6.45, 7) is 8.53. The van der Waals surface area contributed by atoms with Crippen LogP contribution in [0.15, 0.2) is 54.9 Å². The van der Waals surface area contributed by atoms with Crippen molar-refractivity contribution in [2.45, 2.75) is 20.3 Å². The number of piperazine rings is 1. The monoisotopic (exact) mass is 475 g/mol. The molecule has 1 aromatic carbocycles. The highest BCUT2D eigenvalue weighted by Gasteiger charge is 2.17. The number of rotatable bonds is 9. The van der Waals surface area contributed by atoms with Gasteiger partial charge in [0, 0.05) is 50.2 Å². The number of aryl methyl sites for hydroxylation is 1. The molecule has 0 bridgehead atoms. The molecule has 9 heteroatoms. The average molecular weight is 476 g/mol. The number of hydrogen-bond acceptors (Lipinski definition) is 8. The molecule has 0 atom stereocenters. The Labute approximate surface area is 206 Å². The minimum atomic E-state index is -0.122. The van der Waals surface area contributed by atoms with Crippen molar-refractivity contribution in [1.82, 2.24) is 25.9 Å². The summed E-state index contributed by atoms with van der Waals surface area (Å²) in [4.78, 5) is 23.7. The number of amides is 1. The van der Waals surface area contributed by atoms with Crippen molar-refractivity contribution in [1.29, 1.82) is 0 Å². The van der Waals surface area contributed by atoms with Gasteiger partial charge >= 0.3 is 0 Å². The van der Waals surface area contributed by atoms with E-state index in [1.165, 1.54) is 0 Å². The highest BCUT2D eigenvalue weighted by Crippen LogP contribution is 2.31. The van der Waals surface area contributed by atoms with E-state index in [1.54, 1.807) is 13.3 Å². The summed E-state index contributed by atoms with van der Waals surface area (Å²) >= 11 is 0. The van der Waals surface area contributed by atoms with Crippen molar-refractivity contribution in [3.8, 4) is 16.9 Å². The largest absolute Gasteiger partial charge is 0.496 e. The van der Waals surface area contributed by atoms with Gasteiger partial charge in [-0.15, -0.1) is 0 Å². The number of benzene rings is 1. The second-order valence-corrected chi connectivity index (χ2v) is 8.46. The molecule has 1 aliphatic rings. The third-order valence-electron chi connectivity index (χ3n) is 5.91. The molecule has 1 amide bonds. The molecule has 1 saturated heterocycles. The lowest BCUT2D eigenvalue weighted by Crippen LogP contribution is -2.56. The first-order chi connectivity index (χ1) is 17.1. The molecule has 3 aromatic rings. The summed E-state index contributed by atoms with van der Waals surface area (Å²) < 4.78 is 5.60. The summed E-state index contributed by atoms with van der Waals surface area (Å²) in [7, 11) is 1.64. The molecule has 0 spiro atoms. The second kappa shape index (κ2) is 11.7. The number of nitrogens with zero attached hydrogens (tertiary/aromatic N) is 4. The molecular formula is C26H33N7O2. The first-order valence-corrected chi connectivity index (χ1v) is 11.9. The van der Waals surface area contributed by atoms with Crippen molar-refractivity contribution in [2.75, 3.05) is 50.1 Å². The summed E-state index contributed by atoms with van der Waals surface area (Å²) in [6.07, 6.45) is 3.83. The maximum absolute atomic E-state index is 12.7. The van der Waals surface area contributed by atoms with E-state index in [-0.39, 0.29) is 12.3 Å². The fourth-order valence-electron chi connectivity index (χ4n) is 4.08. The van der Waals surface area contributed by atoms with E-state index in [0.29, 0.717) is 5.82 Å². The minimum absolute atomic E-state index is 0.122. The molecule has 4 rings (SSSR count). The first-order valence-electron chi connectivity index (χ1n) is 11.9. The van der Waals surface area contributed by atoms with Crippen molar-refractivity contribution in [3.05, 3.63) is 66.1 Å². The van der Waals surface area contributed by atoms with Gasteiger partial charge in [0.15, 0.2) is 0 Å². The predicted octanol–water partition coefficient (Wildman–Crippen LogP) is 2.79. The van der Waals surface area contributed by atoms with Crippen molar-refractivity contribution in [2.24, 2.45) is 0 Å². The highest BCUT2D eigenvalue weighted by molar-refractivity contribution is 5.91. The number of carbonyl (C=O) groups excluding carboxylic acids is 1. The average Bonchev–Trinajstić information content (AvgIpc) is 2.88. The van der Waals surface area contributed by atoms with E-state index in [1.807, 2.05) is 55.6 Å². The van der Waals surface area contributed by atoms with Crippen LogP contribution in [0.2, 0.25) is 0 Å². The number of nitrogens with one attached hydrogen (secondary N) is 3. The van der Waals surface area contributed by atoms with Gasteiger partial charge in [-0.2, -0.15) is 5.53 Å². The predicted molar refractivity (Wildman–Crippen MR) is 138 cm³/mol. The third-order valence-corrected chi connectivity index (χ3v) is 5.91. The van der Waals surface area contributed by atoms with E-state index < -0.39 is 0 Å². The van der Waals surface area contributed by atoms with Crippen LogP contribution in [0.25, 0.3) is 11.1 Å². The van der Waals surface area contributed by atoms with Gasteiger partial charge in [-0.3, -0.25) is 9.78 Å². The van der Waals surface area contributed by atoms with Crippen molar-refractivity contribution in [3.63, 3.8) is 0 Å². The first kappa shape index (κ1) is 24.6. The van der Waals surface area contributed by atoms with Gasteiger partial charge in [-0.05, 0) is 48.4 Å². The molecular weight excluding hydrogens is 442 g/mol. The van der Waals surface area contributed by atoms with Crippen LogP contribution >= 0.6 is 0 Å². The number of anilines is 2. The van der Waals surface area contributed by atoms with Crippen LogP contribution in [0.3, 0.4) is 0 Å². The van der Waals surface area contributed by atoms with Crippen LogP contribution < -0.4 is 25.9 Å². The van der Waals surface area contributed by atoms with Crippen LogP contribution in [-0.4, -0.2) is 60.7 Å². The van der Waals surface area contributed by atoms with E-state index >= 15 is 0 Å². The van der Waals surface area contributed by atoms with E-state index in [4.69, 9.17) is 4.74 Å². The Morgan fingerprint density at radius 3 is 2.57 bits per heavy atom. The van der Waals surface area contributed by atoms with E-state index in [9.17, 15) is 4.79 Å². The molecule has 0 saturated carbocycles. The lowest BCUT2D eigenvalue weighted by Gasteiger charge is -2.35. The van der Waals surface area contributed by atoms with E-state index in [2.05, 4.69) is 43.1 Å². The summed E-state index contributed by atoms with van der Waals surface area (Å²) in [6, 6.07) is 13.7. The van der Waals surface area contributed by atoms with Gasteiger partial charge in [0.05, 0.1) is 25.4 Å². The molecule has 184 valence electrons. The number of ether oxygens (including phenoxy) is 1. The number of aromatic nitrogens is 2. The number of methoxy groups -OCH3 is 1. The van der Waals surface area contributed by atoms with Gasteiger partial charge in [0.1, 0.15) is 11.6 Å².